The van der Waals surface area contributed by atoms with Crippen LogP contribution in [-0.2, 0) is 6.42 Å². The monoisotopic (exact) mass is 504 g/mol. The predicted octanol–water partition coefficient (Wildman–Crippen LogP) is 10.3. The van der Waals surface area contributed by atoms with Crippen molar-refractivity contribution in [2.45, 2.75) is 56.7 Å². The van der Waals surface area contributed by atoms with Crippen molar-refractivity contribution in [3.8, 4) is 20.9 Å². The van der Waals surface area contributed by atoms with E-state index in [4.69, 9.17) is 9.98 Å². The summed E-state index contributed by atoms with van der Waals surface area (Å²) in [4.78, 5) is 18.2. The van der Waals surface area contributed by atoms with Gasteiger partial charge in [0.15, 0.2) is 0 Å². The number of rotatable bonds is 5. The Morgan fingerprint density at radius 2 is 1.30 bits per heavy atom. The van der Waals surface area contributed by atoms with Gasteiger partial charge in [-0.2, -0.15) is 0 Å². The third kappa shape index (κ3) is 3.72. The number of unbranched alkanes of at least 4 members (excludes halogenated alkanes) is 1. The summed E-state index contributed by atoms with van der Waals surface area (Å²) in [6.45, 7) is 8.69. The molecule has 4 heterocycles. The first-order valence-corrected chi connectivity index (χ1v) is 14.6. The van der Waals surface area contributed by atoms with Crippen LogP contribution in [0.15, 0.2) is 56.2 Å². The van der Waals surface area contributed by atoms with Crippen LogP contribution in [0.2, 0.25) is 0 Å². The van der Waals surface area contributed by atoms with Crippen LogP contribution in [0.5, 0.6) is 0 Å². The molecule has 2 aliphatic heterocycles. The molecule has 0 atom stereocenters. The standard InChI is InChI=1S/C27H24N2S4/c1-5-6-7-17-9-11-23(33-17)19-13-21-24-25-20(28-16(4)32-27(19)25)12-18(22-10-8-14(2)30-22)26(24)31-15(3)29-21/h8-13H,5-7H2,1-4H3. The predicted molar refractivity (Wildman–Crippen MR) is 151 cm³/mol. The van der Waals surface area contributed by atoms with Crippen LogP contribution in [0.25, 0.3) is 31.7 Å². The maximum absolute atomic E-state index is 5.04. The van der Waals surface area contributed by atoms with Crippen molar-refractivity contribution in [1.29, 1.82) is 0 Å². The van der Waals surface area contributed by atoms with Crippen LogP contribution >= 0.6 is 46.2 Å². The molecule has 0 spiro atoms. The summed E-state index contributed by atoms with van der Waals surface area (Å²) in [5.41, 5.74) is 4.77. The molecular formula is C27H24N2S4. The molecular weight excluding hydrogens is 481 g/mol. The highest BCUT2D eigenvalue weighted by Gasteiger charge is 2.28. The SMILES string of the molecule is CCCCc1ccc(-c2cc3c4c(c(-c5ccc(C)s5)cc5c4c2SC(C)=N5)SC(C)=N3)s1. The molecule has 0 N–H and O–H groups in total. The lowest BCUT2D eigenvalue weighted by Crippen LogP contribution is -2.00. The Morgan fingerprint density at radius 3 is 1.85 bits per heavy atom. The van der Waals surface area contributed by atoms with Gasteiger partial charge in [0, 0.05) is 51.2 Å². The van der Waals surface area contributed by atoms with E-state index in [2.05, 4.69) is 64.1 Å². The number of thiophene rings is 2. The molecule has 2 aliphatic rings. The van der Waals surface area contributed by atoms with Crippen molar-refractivity contribution in [2.75, 3.05) is 0 Å². The number of aliphatic imine (C=N–C) groups is 2. The average molecular weight is 505 g/mol. The molecule has 6 rings (SSSR count). The van der Waals surface area contributed by atoms with Crippen LogP contribution in [0, 0.1) is 6.92 Å². The van der Waals surface area contributed by atoms with E-state index in [0.717, 1.165) is 27.9 Å². The Morgan fingerprint density at radius 1 is 0.727 bits per heavy atom. The molecule has 2 aromatic heterocycles. The number of hydrogen-bond donors (Lipinski definition) is 0. The molecule has 0 amide bonds. The molecule has 0 saturated carbocycles. The normalized spacial score (nSPS) is 14.5. The fraction of sp³-hybridized carbons (Fsp3) is 0.259. The van der Waals surface area contributed by atoms with E-state index in [1.165, 1.54) is 64.0 Å². The van der Waals surface area contributed by atoms with Crippen molar-refractivity contribution in [2.24, 2.45) is 9.98 Å². The van der Waals surface area contributed by atoms with E-state index in [1.807, 2.05) is 34.4 Å². The fourth-order valence-electron chi connectivity index (χ4n) is 4.56. The van der Waals surface area contributed by atoms with Gasteiger partial charge in [-0.15, -0.1) is 22.7 Å². The molecule has 4 aromatic rings. The van der Waals surface area contributed by atoms with Gasteiger partial charge in [0.1, 0.15) is 0 Å². The number of nitrogens with zero attached hydrogens (tertiary/aromatic N) is 2. The van der Waals surface area contributed by atoms with Gasteiger partial charge in [-0.1, -0.05) is 36.9 Å². The van der Waals surface area contributed by atoms with Crippen LogP contribution in [0.4, 0.5) is 11.4 Å². The molecule has 0 radical (unpaired) electrons. The summed E-state index contributed by atoms with van der Waals surface area (Å²) in [7, 11) is 0. The molecule has 6 heteroatoms. The summed E-state index contributed by atoms with van der Waals surface area (Å²) in [6, 6.07) is 13.7. The van der Waals surface area contributed by atoms with Gasteiger partial charge in [0.05, 0.1) is 21.5 Å². The molecule has 166 valence electrons. The highest BCUT2D eigenvalue weighted by molar-refractivity contribution is 8.14. The summed E-state index contributed by atoms with van der Waals surface area (Å²) in [5.74, 6) is 0. The van der Waals surface area contributed by atoms with Gasteiger partial charge >= 0.3 is 0 Å². The van der Waals surface area contributed by atoms with Crippen molar-refractivity contribution < 1.29 is 0 Å². The lowest BCUT2D eigenvalue weighted by Gasteiger charge is -2.25. The lowest BCUT2D eigenvalue weighted by atomic mass is 9.98. The average Bonchev–Trinajstić information content (AvgIpc) is 3.43. The summed E-state index contributed by atoms with van der Waals surface area (Å²) < 4.78 is 0. The highest BCUT2D eigenvalue weighted by atomic mass is 32.2. The fourth-order valence-corrected chi connectivity index (χ4v) is 8.70. The van der Waals surface area contributed by atoms with E-state index in [1.54, 1.807) is 11.8 Å². The second kappa shape index (κ2) is 8.42. The smallest absolute Gasteiger partial charge is 0.0755 e. The first-order chi connectivity index (χ1) is 16.0. The van der Waals surface area contributed by atoms with Crippen LogP contribution in [-0.4, -0.2) is 10.1 Å². The van der Waals surface area contributed by atoms with Crippen molar-refractivity contribution in [3.63, 3.8) is 0 Å². The molecule has 0 aliphatic carbocycles. The summed E-state index contributed by atoms with van der Waals surface area (Å²) in [5, 5.41) is 4.75. The second-order valence-corrected chi connectivity index (χ2v) is 13.4. The number of thioether (sulfide) groups is 2. The molecule has 2 nitrogen and oxygen atoms in total. The summed E-state index contributed by atoms with van der Waals surface area (Å²) in [6.07, 6.45) is 3.64. The highest BCUT2D eigenvalue weighted by Crippen LogP contribution is 2.56. The molecule has 0 saturated heterocycles. The van der Waals surface area contributed by atoms with E-state index < -0.39 is 0 Å². The third-order valence-electron chi connectivity index (χ3n) is 6.03. The van der Waals surface area contributed by atoms with Gasteiger partial charge in [-0.25, -0.2) is 9.98 Å². The van der Waals surface area contributed by atoms with Crippen LogP contribution in [0.1, 0.15) is 43.4 Å². The zero-order valence-electron chi connectivity index (χ0n) is 19.1. The molecule has 2 aromatic carbocycles. The minimum Gasteiger partial charge on any atom is -0.246 e. The van der Waals surface area contributed by atoms with Crippen molar-refractivity contribution in [3.05, 3.63) is 46.2 Å². The molecule has 0 fully saturated rings. The maximum Gasteiger partial charge on any atom is 0.0755 e. The maximum atomic E-state index is 5.04. The van der Waals surface area contributed by atoms with E-state index >= 15 is 0 Å². The second-order valence-electron chi connectivity index (χ2n) is 8.54. The Bertz CT molecular complexity index is 1490. The van der Waals surface area contributed by atoms with Crippen molar-refractivity contribution in [1.82, 2.24) is 0 Å². The third-order valence-corrected chi connectivity index (χ3v) is 10.3. The van der Waals surface area contributed by atoms with Gasteiger partial charge in [-0.05, 0) is 70.0 Å². The first-order valence-electron chi connectivity index (χ1n) is 11.3. The van der Waals surface area contributed by atoms with Gasteiger partial charge < -0.3 is 0 Å². The first kappa shape index (κ1) is 21.7. The Labute approximate surface area is 211 Å². The molecule has 0 bridgehead atoms. The number of aryl methyl sites for hydroxylation is 2. The zero-order valence-corrected chi connectivity index (χ0v) is 22.4. The Balaban J connectivity index is 1.64. The Hall–Kier alpha value is -1.86. The van der Waals surface area contributed by atoms with Crippen LogP contribution < -0.4 is 0 Å². The largest absolute Gasteiger partial charge is 0.246 e. The number of hydrogen-bond acceptors (Lipinski definition) is 6. The van der Waals surface area contributed by atoms with E-state index in [-0.39, 0.29) is 0 Å². The minimum atomic E-state index is 1.09. The van der Waals surface area contributed by atoms with Gasteiger partial charge in [-0.3, -0.25) is 0 Å². The van der Waals surface area contributed by atoms with Crippen LogP contribution in [0.3, 0.4) is 0 Å². The van der Waals surface area contributed by atoms with Gasteiger partial charge in [0.2, 0.25) is 0 Å². The van der Waals surface area contributed by atoms with Crippen molar-refractivity contribution >= 4 is 78.4 Å². The Kier molecular flexibility index (Phi) is 5.52. The molecule has 0 unspecified atom stereocenters. The van der Waals surface area contributed by atoms with E-state index in [0.29, 0.717) is 0 Å². The van der Waals surface area contributed by atoms with Gasteiger partial charge in [0.25, 0.3) is 0 Å². The topological polar surface area (TPSA) is 24.7 Å². The lowest BCUT2D eigenvalue weighted by molar-refractivity contribution is 0.804. The number of benzene rings is 2. The quantitative estimate of drug-likeness (QED) is 0.270. The zero-order chi connectivity index (χ0) is 22.7. The molecule has 33 heavy (non-hydrogen) atoms. The van der Waals surface area contributed by atoms with E-state index in [9.17, 15) is 0 Å². The summed E-state index contributed by atoms with van der Waals surface area (Å²) >= 11 is 7.41. The minimum absolute atomic E-state index is 1.09.